The molecule has 0 aliphatic carbocycles. The first kappa shape index (κ1) is 16.4. The fourth-order valence-electron chi connectivity index (χ4n) is 1.95. The summed E-state index contributed by atoms with van der Waals surface area (Å²) in [5, 5.41) is 1.61. The van der Waals surface area contributed by atoms with E-state index in [1.165, 1.54) is 0 Å². The molecule has 0 saturated carbocycles. The summed E-state index contributed by atoms with van der Waals surface area (Å²) in [4.78, 5) is 0. The van der Waals surface area contributed by atoms with E-state index < -0.39 is 0 Å². The Kier molecular flexibility index (Phi) is 5.77. The van der Waals surface area contributed by atoms with Crippen LogP contribution in [0.2, 0.25) is 15.1 Å². The van der Waals surface area contributed by atoms with Crippen LogP contribution in [-0.2, 0) is 13.0 Å². The highest BCUT2D eigenvalue weighted by atomic mass is 35.5. The lowest BCUT2D eigenvalue weighted by Gasteiger charge is -2.11. The molecule has 21 heavy (non-hydrogen) atoms. The third-order valence-corrected chi connectivity index (χ3v) is 3.97. The molecular formula is C16H16Cl3NO. The number of rotatable bonds is 5. The first-order valence-corrected chi connectivity index (χ1v) is 7.70. The number of benzene rings is 2. The van der Waals surface area contributed by atoms with Gasteiger partial charge in [0.25, 0.3) is 0 Å². The lowest BCUT2D eigenvalue weighted by Crippen LogP contribution is -2.17. The second kappa shape index (κ2) is 7.37. The maximum Gasteiger partial charge on any atom is 0.138 e. The maximum absolute atomic E-state index is 6.22. The highest BCUT2D eigenvalue weighted by Gasteiger charge is 2.06. The van der Waals surface area contributed by atoms with Crippen LogP contribution in [0.4, 0.5) is 0 Å². The SMILES string of the molecule is CC(N)Cc1ccc(OCc2ccc(Cl)c(Cl)c2)c(Cl)c1. The summed E-state index contributed by atoms with van der Waals surface area (Å²) < 4.78 is 5.71. The molecule has 2 aromatic carbocycles. The summed E-state index contributed by atoms with van der Waals surface area (Å²) in [5.74, 6) is 0.635. The molecule has 2 nitrogen and oxygen atoms in total. The molecule has 0 amide bonds. The molecule has 2 aromatic rings. The standard InChI is InChI=1S/C16H16Cl3NO/c1-10(20)6-11-3-5-16(15(19)7-11)21-9-12-2-4-13(17)14(18)8-12/h2-5,7-8,10H,6,9,20H2,1H3. The van der Waals surface area contributed by atoms with Crippen molar-refractivity contribution in [3.63, 3.8) is 0 Å². The summed E-state index contributed by atoms with van der Waals surface area (Å²) in [6.07, 6.45) is 0.785. The van der Waals surface area contributed by atoms with E-state index in [2.05, 4.69) is 0 Å². The zero-order chi connectivity index (χ0) is 15.4. The molecular weight excluding hydrogens is 329 g/mol. The average molecular weight is 345 g/mol. The first-order chi connectivity index (χ1) is 9.95. The van der Waals surface area contributed by atoms with Crippen molar-refractivity contribution in [3.8, 4) is 5.75 Å². The second-order valence-corrected chi connectivity index (χ2v) is 6.20. The first-order valence-electron chi connectivity index (χ1n) is 6.56. The largest absolute Gasteiger partial charge is 0.487 e. The molecule has 112 valence electrons. The predicted molar refractivity (Wildman–Crippen MR) is 89.6 cm³/mol. The Hall–Kier alpha value is -0.930. The quantitative estimate of drug-likeness (QED) is 0.817. The topological polar surface area (TPSA) is 35.2 Å². The van der Waals surface area contributed by atoms with Crippen molar-refractivity contribution in [2.75, 3.05) is 0 Å². The van der Waals surface area contributed by atoms with Crippen molar-refractivity contribution in [2.24, 2.45) is 5.73 Å². The lowest BCUT2D eigenvalue weighted by molar-refractivity contribution is 0.306. The fourth-order valence-corrected chi connectivity index (χ4v) is 2.53. The van der Waals surface area contributed by atoms with Gasteiger partial charge < -0.3 is 10.5 Å². The van der Waals surface area contributed by atoms with Gasteiger partial charge >= 0.3 is 0 Å². The third-order valence-electron chi connectivity index (χ3n) is 2.93. The van der Waals surface area contributed by atoms with Gasteiger partial charge in [-0.15, -0.1) is 0 Å². The van der Waals surface area contributed by atoms with Gasteiger partial charge in [-0.3, -0.25) is 0 Å². The van der Waals surface area contributed by atoms with Crippen LogP contribution in [0.5, 0.6) is 5.75 Å². The Balaban J connectivity index is 2.04. The van der Waals surface area contributed by atoms with Gasteiger partial charge in [-0.25, -0.2) is 0 Å². The zero-order valence-electron chi connectivity index (χ0n) is 11.6. The fraction of sp³-hybridized carbons (Fsp3) is 0.250. The van der Waals surface area contributed by atoms with Crippen molar-refractivity contribution in [2.45, 2.75) is 26.0 Å². The number of hydrogen-bond acceptors (Lipinski definition) is 2. The molecule has 2 rings (SSSR count). The summed E-state index contributed by atoms with van der Waals surface area (Å²) >= 11 is 18.1. The van der Waals surface area contributed by atoms with Crippen LogP contribution in [0.1, 0.15) is 18.1 Å². The van der Waals surface area contributed by atoms with E-state index >= 15 is 0 Å². The Labute approximate surface area is 139 Å². The van der Waals surface area contributed by atoms with E-state index in [0.717, 1.165) is 17.5 Å². The Bertz CT molecular complexity index is 629. The van der Waals surface area contributed by atoms with Gasteiger partial charge in [0.05, 0.1) is 15.1 Å². The molecule has 0 radical (unpaired) electrons. The minimum atomic E-state index is 0.101. The molecule has 0 aromatic heterocycles. The molecule has 0 aliphatic rings. The minimum Gasteiger partial charge on any atom is -0.487 e. The van der Waals surface area contributed by atoms with Gasteiger partial charge in [-0.05, 0) is 48.7 Å². The molecule has 5 heteroatoms. The summed E-state index contributed by atoms with van der Waals surface area (Å²) in [6, 6.07) is 11.2. The Morgan fingerprint density at radius 1 is 0.952 bits per heavy atom. The molecule has 0 saturated heterocycles. The highest BCUT2D eigenvalue weighted by Crippen LogP contribution is 2.28. The normalized spacial score (nSPS) is 12.2. The van der Waals surface area contributed by atoms with Gasteiger partial charge in [0.15, 0.2) is 0 Å². The van der Waals surface area contributed by atoms with E-state index in [4.69, 9.17) is 45.3 Å². The van der Waals surface area contributed by atoms with Crippen molar-refractivity contribution < 1.29 is 4.74 Å². The average Bonchev–Trinajstić information content (AvgIpc) is 2.41. The molecule has 1 unspecified atom stereocenters. The summed E-state index contributed by atoms with van der Waals surface area (Å²) in [7, 11) is 0. The number of nitrogens with two attached hydrogens (primary N) is 1. The third kappa shape index (κ3) is 4.79. The molecule has 0 spiro atoms. The highest BCUT2D eigenvalue weighted by molar-refractivity contribution is 6.42. The van der Waals surface area contributed by atoms with Crippen molar-refractivity contribution in [1.82, 2.24) is 0 Å². The van der Waals surface area contributed by atoms with Gasteiger partial charge in [-0.1, -0.05) is 46.9 Å². The van der Waals surface area contributed by atoms with E-state index in [1.807, 2.05) is 31.2 Å². The molecule has 1 atom stereocenters. The van der Waals surface area contributed by atoms with Crippen molar-refractivity contribution in [1.29, 1.82) is 0 Å². The minimum absolute atomic E-state index is 0.101. The lowest BCUT2D eigenvalue weighted by atomic mass is 10.1. The van der Waals surface area contributed by atoms with E-state index in [-0.39, 0.29) is 6.04 Å². The molecule has 0 heterocycles. The second-order valence-electron chi connectivity index (χ2n) is 4.98. The smallest absolute Gasteiger partial charge is 0.138 e. The van der Waals surface area contributed by atoms with E-state index in [0.29, 0.717) is 27.4 Å². The van der Waals surface area contributed by atoms with Crippen LogP contribution < -0.4 is 10.5 Å². The van der Waals surface area contributed by atoms with Gasteiger partial charge in [-0.2, -0.15) is 0 Å². The molecule has 0 aliphatic heterocycles. The van der Waals surface area contributed by atoms with Crippen LogP contribution in [0.15, 0.2) is 36.4 Å². The van der Waals surface area contributed by atoms with E-state index in [1.54, 1.807) is 12.1 Å². The Morgan fingerprint density at radius 3 is 2.24 bits per heavy atom. The number of ether oxygens (including phenoxy) is 1. The Morgan fingerprint density at radius 2 is 1.62 bits per heavy atom. The van der Waals surface area contributed by atoms with Crippen LogP contribution in [-0.4, -0.2) is 6.04 Å². The van der Waals surface area contributed by atoms with Gasteiger partial charge in [0.1, 0.15) is 12.4 Å². The van der Waals surface area contributed by atoms with Gasteiger partial charge in [0.2, 0.25) is 0 Å². The molecule has 2 N–H and O–H groups in total. The van der Waals surface area contributed by atoms with Crippen molar-refractivity contribution >= 4 is 34.8 Å². The monoisotopic (exact) mass is 343 g/mol. The summed E-state index contributed by atoms with van der Waals surface area (Å²) in [6.45, 7) is 2.34. The number of halogens is 3. The zero-order valence-corrected chi connectivity index (χ0v) is 13.8. The molecule has 0 bridgehead atoms. The van der Waals surface area contributed by atoms with Gasteiger partial charge in [0, 0.05) is 6.04 Å². The predicted octanol–water partition coefficient (Wildman–Crippen LogP) is 5.12. The van der Waals surface area contributed by atoms with Crippen LogP contribution >= 0.6 is 34.8 Å². The molecule has 0 fully saturated rings. The summed E-state index contributed by atoms with van der Waals surface area (Å²) in [5.41, 5.74) is 7.80. The van der Waals surface area contributed by atoms with Crippen LogP contribution in [0, 0.1) is 0 Å². The maximum atomic E-state index is 6.22. The van der Waals surface area contributed by atoms with Crippen molar-refractivity contribution in [3.05, 3.63) is 62.6 Å². The van der Waals surface area contributed by atoms with Crippen LogP contribution in [0.3, 0.4) is 0 Å². The number of hydrogen-bond donors (Lipinski definition) is 1. The van der Waals surface area contributed by atoms with Crippen LogP contribution in [0.25, 0.3) is 0 Å². The van der Waals surface area contributed by atoms with E-state index in [9.17, 15) is 0 Å².